The molecule has 0 amide bonds. The highest BCUT2D eigenvalue weighted by molar-refractivity contribution is 5.90. The number of carbonyl (C=O) groups excluding carboxylic acids is 4. The Morgan fingerprint density at radius 2 is 0.977 bits per heavy atom. The largest absolute Gasteiger partial charge is 0.489 e. The van der Waals surface area contributed by atoms with Gasteiger partial charge >= 0.3 is 23.9 Å². The van der Waals surface area contributed by atoms with Gasteiger partial charge in [-0.2, -0.15) is 0 Å². The average molecular weight is 1220 g/mol. The van der Waals surface area contributed by atoms with Crippen molar-refractivity contribution < 1.29 is 71.7 Å². The van der Waals surface area contributed by atoms with E-state index >= 15 is 0 Å². The van der Waals surface area contributed by atoms with Crippen molar-refractivity contribution in [2.75, 3.05) is 47.3 Å². The average Bonchev–Trinajstić information content (AvgIpc) is 1.20. The molecule has 0 aliphatic rings. The number of aliphatic hydroxyl groups is 1. The SMILES string of the molecule is C.C.C.C.C=C(OC)OCc1ccc(/C=C/C(=O)Oc2ccc(OC(=O)/C=C/c3ccc(C(CCCO)OC(=O)C(C)CC)c(OCCCCCC)c3OCCCCCC)cc2)c(OCCCCCC)c1OCCCCCC.CCC(C)(C)C(=O)OC. The monoisotopic (exact) mass is 1220 g/mol. The highest BCUT2D eigenvalue weighted by Gasteiger charge is 2.28. The van der Waals surface area contributed by atoms with Crippen molar-refractivity contribution in [3.8, 4) is 34.5 Å². The first-order chi connectivity index (χ1) is 40.1. The van der Waals surface area contributed by atoms with E-state index in [1.165, 1.54) is 26.4 Å². The van der Waals surface area contributed by atoms with Crippen LogP contribution in [0.2, 0.25) is 0 Å². The van der Waals surface area contributed by atoms with Gasteiger partial charge < -0.3 is 52.5 Å². The van der Waals surface area contributed by atoms with Crippen molar-refractivity contribution >= 4 is 36.0 Å². The number of unbranched alkanes of at least 4 members (excludes halogenated alkanes) is 12. The summed E-state index contributed by atoms with van der Waals surface area (Å²) in [4.78, 5) is 50.6. The van der Waals surface area contributed by atoms with Gasteiger partial charge in [0.15, 0.2) is 23.0 Å². The molecule has 0 spiro atoms. The Hall–Kier alpha value is -6.48. The lowest BCUT2D eigenvalue weighted by molar-refractivity contribution is -0.154. The topological polar surface area (TPSA) is 181 Å². The Morgan fingerprint density at radius 1 is 0.552 bits per heavy atom. The van der Waals surface area contributed by atoms with Gasteiger partial charge in [-0.05, 0) is 108 Å². The Balaban J connectivity index is -0.00000500. The molecule has 0 aromatic heterocycles. The van der Waals surface area contributed by atoms with E-state index in [0.29, 0.717) is 85.4 Å². The number of aliphatic hydroxyl groups excluding tert-OH is 1. The molecule has 0 saturated heterocycles. The molecule has 0 aliphatic heterocycles. The summed E-state index contributed by atoms with van der Waals surface area (Å²) >= 11 is 0. The van der Waals surface area contributed by atoms with Crippen molar-refractivity contribution in [3.63, 3.8) is 0 Å². The predicted octanol–water partition coefficient (Wildman–Crippen LogP) is 18.9. The van der Waals surface area contributed by atoms with Gasteiger partial charge in [-0.1, -0.05) is 179 Å². The standard InChI is InChI=1S/C61H88O13.C7H14O2.4CH4/c1-9-14-18-22-41-67-57-48(28-29-50(45-71-47(7)66-8)59(57)69-43-24-20-16-11-3)31-38-55(63)72-51-33-35-52(36-34-51)73-56(64)39-32-49-30-37-53(54(27-26-40-62)74-61(65)46(6)13-5)60(70-44-25-21-17-12-4)58(49)68-42-23-19-15-10-2;1-5-7(2,3)6(8)9-4;;;;/h28-39,46,54,62H,7,9-27,40-45H2,1-6,8H3;5H2,1-4H3;4*1H4/b38-31+,39-32+;;;;;. The minimum Gasteiger partial charge on any atom is -0.489 e. The third-order valence-electron chi connectivity index (χ3n) is 13.9. The molecule has 87 heavy (non-hydrogen) atoms. The molecule has 2 atom stereocenters. The number of hydrogen-bond donors (Lipinski definition) is 1. The van der Waals surface area contributed by atoms with Gasteiger partial charge in [0.25, 0.3) is 5.95 Å². The quantitative estimate of drug-likeness (QED) is 0.0186. The summed E-state index contributed by atoms with van der Waals surface area (Å²) in [6.07, 6.45) is 23.7. The molecule has 0 bridgehead atoms. The number of carbonyl (C=O) groups is 4. The van der Waals surface area contributed by atoms with Crippen molar-refractivity contribution in [2.45, 2.75) is 233 Å². The van der Waals surface area contributed by atoms with Gasteiger partial charge in [-0.15, -0.1) is 0 Å². The van der Waals surface area contributed by atoms with E-state index in [0.717, 1.165) is 115 Å². The summed E-state index contributed by atoms with van der Waals surface area (Å²) in [6, 6.07) is 13.6. The van der Waals surface area contributed by atoms with Gasteiger partial charge in [0, 0.05) is 41.0 Å². The fourth-order valence-corrected chi connectivity index (χ4v) is 8.07. The highest BCUT2D eigenvalue weighted by Crippen LogP contribution is 2.43. The maximum Gasteiger partial charge on any atom is 0.336 e. The zero-order chi connectivity index (χ0) is 61.3. The summed E-state index contributed by atoms with van der Waals surface area (Å²) in [5.74, 6) is 0.617. The summed E-state index contributed by atoms with van der Waals surface area (Å²) in [5, 5.41) is 9.80. The molecule has 0 heterocycles. The maximum atomic E-state index is 13.3. The zero-order valence-electron chi connectivity index (χ0n) is 52.3. The lowest BCUT2D eigenvalue weighted by Gasteiger charge is -2.25. The fraction of sp³-hybridized carbons (Fsp3) is 0.611. The summed E-state index contributed by atoms with van der Waals surface area (Å²) in [7, 11) is 2.91. The Kier molecular flexibility index (Phi) is 49.2. The van der Waals surface area contributed by atoms with Crippen molar-refractivity contribution in [2.24, 2.45) is 11.3 Å². The Labute approximate surface area is 527 Å². The molecular weight excluding hydrogens is 1100 g/mol. The molecule has 1 N–H and O–H groups in total. The van der Waals surface area contributed by atoms with Crippen LogP contribution in [0.4, 0.5) is 0 Å². The van der Waals surface area contributed by atoms with Crippen LogP contribution in [0.15, 0.2) is 73.2 Å². The molecule has 0 saturated carbocycles. The van der Waals surface area contributed by atoms with Crippen LogP contribution in [0.5, 0.6) is 34.5 Å². The predicted molar refractivity (Wildman–Crippen MR) is 356 cm³/mol. The van der Waals surface area contributed by atoms with Crippen LogP contribution in [0.3, 0.4) is 0 Å². The number of rotatable bonds is 43. The minimum absolute atomic E-state index is 0. The molecule has 3 aromatic rings. The molecule has 15 nitrogen and oxygen atoms in total. The van der Waals surface area contributed by atoms with E-state index in [2.05, 4.69) is 39.0 Å². The van der Waals surface area contributed by atoms with Crippen LogP contribution in [0.25, 0.3) is 12.2 Å². The maximum absolute atomic E-state index is 13.3. The number of methoxy groups -OCH3 is 2. The molecular formula is C72H118O15. The first-order valence-electron chi connectivity index (χ1n) is 30.6. The van der Waals surface area contributed by atoms with Gasteiger partial charge in [0.1, 0.15) is 24.2 Å². The second kappa shape index (κ2) is 50.5. The van der Waals surface area contributed by atoms with Gasteiger partial charge in [-0.25, -0.2) is 9.59 Å². The Morgan fingerprint density at radius 3 is 1.37 bits per heavy atom. The number of esters is 4. The summed E-state index contributed by atoms with van der Waals surface area (Å²) in [6.45, 7) is 23.8. The smallest absolute Gasteiger partial charge is 0.336 e. The van der Waals surface area contributed by atoms with Crippen LogP contribution in [-0.2, 0) is 44.7 Å². The molecule has 0 fully saturated rings. The summed E-state index contributed by atoms with van der Waals surface area (Å²) < 4.78 is 58.6. The fourth-order valence-electron chi connectivity index (χ4n) is 8.07. The van der Waals surface area contributed by atoms with Crippen LogP contribution in [0, 0.1) is 11.3 Å². The van der Waals surface area contributed by atoms with E-state index in [9.17, 15) is 24.3 Å². The van der Waals surface area contributed by atoms with Gasteiger partial charge in [0.05, 0.1) is 52.0 Å². The van der Waals surface area contributed by atoms with Crippen LogP contribution in [0.1, 0.15) is 249 Å². The van der Waals surface area contributed by atoms with Crippen LogP contribution >= 0.6 is 0 Å². The van der Waals surface area contributed by atoms with Crippen LogP contribution < -0.4 is 28.4 Å². The first-order valence-corrected chi connectivity index (χ1v) is 30.6. The highest BCUT2D eigenvalue weighted by atomic mass is 16.7. The summed E-state index contributed by atoms with van der Waals surface area (Å²) in [5.41, 5.74) is 2.32. The van der Waals surface area contributed by atoms with Gasteiger partial charge in [-0.3, -0.25) is 9.59 Å². The molecule has 3 aromatic carbocycles. The molecule has 0 radical (unpaired) electrons. The Bertz CT molecular complexity index is 2390. The molecule has 2 unspecified atom stereocenters. The van der Waals surface area contributed by atoms with Crippen molar-refractivity contribution in [3.05, 3.63) is 95.5 Å². The van der Waals surface area contributed by atoms with E-state index in [1.807, 2.05) is 58.9 Å². The number of benzene rings is 3. The minimum atomic E-state index is -0.681. The van der Waals surface area contributed by atoms with Crippen molar-refractivity contribution in [1.82, 2.24) is 0 Å². The third kappa shape index (κ3) is 33.5. The lowest BCUT2D eigenvalue weighted by Crippen LogP contribution is -2.24. The lowest BCUT2D eigenvalue weighted by atomic mass is 9.91. The van der Waals surface area contributed by atoms with Crippen molar-refractivity contribution in [1.29, 1.82) is 0 Å². The molecule has 0 aliphatic carbocycles. The number of hydrogen-bond acceptors (Lipinski definition) is 15. The molecule has 3 rings (SSSR count). The molecule has 496 valence electrons. The second-order valence-electron chi connectivity index (χ2n) is 21.2. The van der Waals surface area contributed by atoms with E-state index in [1.54, 1.807) is 36.4 Å². The molecule has 15 heteroatoms. The van der Waals surface area contributed by atoms with E-state index < -0.39 is 18.0 Å². The second-order valence-corrected chi connectivity index (χ2v) is 21.2. The van der Waals surface area contributed by atoms with E-state index in [4.69, 9.17) is 42.6 Å². The van der Waals surface area contributed by atoms with Gasteiger partial charge in [0.2, 0.25) is 0 Å². The zero-order valence-corrected chi connectivity index (χ0v) is 52.3. The van der Waals surface area contributed by atoms with E-state index in [-0.39, 0.29) is 83.6 Å². The first kappa shape index (κ1) is 84.7. The number of ether oxygens (including phenoxy) is 10. The third-order valence-corrected chi connectivity index (χ3v) is 13.9. The van der Waals surface area contributed by atoms with Crippen LogP contribution in [-0.4, -0.2) is 76.2 Å². The normalized spacial score (nSPS) is 11.4.